The first-order valence-electron chi connectivity index (χ1n) is 5.49. The van der Waals surface area contributed by atoms with Crippen LogP contribution in [0.1, 0.15) is 18.1 Å². The minimum absolute atomic E-state index is 0.545. The van der Waals surface area contributed by atoms with E-state index in [1.807, 2.05) is 0 Å². The molecule has 2 nitrogen and oxygen atoms in total. The highest BCUT2D eigenvalue weighted by atomic mass is 15.1. The Morgan fingerprint density at radius 3 is 2.20 bits per heavy atom. The lowest BCUT2D eigenvalue weighted by Crippen LogP contribution is -2.31. The molecule has 0 saturated heterocycles. The van der Waals surface area contributed by atoms with Gasteiger partial charge in [-0.1, -0.05) is 18.2 Å². The van der Waals surface area contributed by atoms with Crippen LogP contribution >= 0.6 is 0 Å². The summed E-state index contributed by atoms with van der Waals surface area (Å²) in [6.45, 7) is 7.50. The second kappa shape index (κ2) is 5.17. The molecule has 2 heteroatoms. The average molecular weight is 206 g/mol. The Labute approximate surface area is 93.3 Å². The first-order chi connectivity index (χ1) is 7.02. The van der Waals surface area contributed by atoms with Gasteiger partial charge in [-0.05, 0) is 46.0 Å². The summed E-state index contributed by atoms with van der Waals surface area (Å²) < 4.78 is 0. The van der Waals surface area contributed by atoms with E-state index >= 15 is 0 Å². The lowest BCUT2D eigenvalue weighted by Gasteiger charge is -2.22. The molecule has 15 heavy (non-hydrogen) atoms. The molecule has 0 spiro atoms. The van der Waals surface area contributed by atoms with Gasteiger partial charge in [0.2, 0.25) is 0 Å². The van der Waals surface area contributed by atoms with E-state index in [2.05, 4.69) is 63.3 Å². The number of likely N-dealkylation sites (N-methyl/N-ethyl adjacent to an activating group) is 1. The third kappa shape index (κ3) is 3.24. The molecular formula is C13H22N2. The number of benzene rings is 1. The zero-order chi connectivity index (χ0) is 11.4. The molecule has 0 aromatic heterocycles. The fraction of sp³-hybridized carbons (Fsp3) is 0.538. The van der Waals surface area contributed by atoms with Crippen LogP contribution < -0.4 is 5.32 Å². The van der Waals surface area contributed by atoms with Crippen molar-refractivity contribution in [2.24, 2.45) is 0 Å². The molecule has 0 radical (unpaired) electrons. The van der Waals surface area contributed by atoms with Gasteiger partial charge >= 0.3 is 0 Å². The van der Waals surface area contributed by atoms with Gasteiger partial charge < -0.3 is 10.2 Å². The van der Waals surface area contributed by atoms with Crippen molar-refractivity contribution in [3.63, 3.8) is 0 Å². The van der Waals surface area contributed by atoms with E-state index in [4.69, 9.17) is 0 Å². The maximum Gasteiger partial charge on any atom is 0.0400 e. The topological polar surface area (TPSA) is 15.3 Å². The number of rotatable bonds is 4. The molecule has 0 fully saturated rings. The van der Waals surface area contributed by atoms with E-state index in [0.717, 1.165) is 6.54 Å². The van der Waals surface area contributed by atoms with E-state index in [1.165, 1.54) is 16.8 Å². The summed E-state index contributed by atoms with van der Waals surface area (Å²) in [5.41, 5.74) is 3.92. The van der Waals surface area contributed by atoms with Crippen molar-refractivity contribution < 1.29 is 0 Å². The van der Waals surface area contributed by atoms with Crippen molar-refractivity contribution in [3.05, 3.63) is 29.3 Å². The highest BCUT2D eigenvalue weighted by molar-refractivity contribution is 5.56. The predicted molar refractivity (Wildman–Crippen MR) is 67.6 cm³/mol. The van der Waals surface area contributed by atoms with E-state index in [0.29, 0.717) is 6.04 Å². The predicted octanol–water partition coefficient (Wildman–Crippen LogP) is 2.67. The fourth-order valence-corrected chi connectivity index (χ4v) is 1.53. The van der Waals surface area contributed by atoms with Gasteiger partial charge in [-0.15, -0.1) is 0 Å². The third-order valence-corrected chi connectivity index (χ3v) is 2.94. The molecule has 1 N–H and O–H groups in total. The lowest BCUT2D eigenvalue weighted by molar-refractivity contribution is 0.326. The summed E-state index contributed by atoms with van der Waals surface area (Å²) in [4.78, 5) is 2.22. The molecular weight excluding hydrogens is 184 g/mol. The summed E-state index contributed by atoms with van der Waals surface area (Å²) >= 11 is 0. The molecule has 0 heterocycles. The number of para-hydroxylation sites is 1. The van der Waals surface area contributed by atoms with E-state index in [1.54, 1.807) is 0 Å². The summed E-state index contributed by atoms with van der Waals surface area (Å²) in [5.74, 6) is 0. The number of aryl methyl sites for hydroxylation is 2. The van der Waals surface area contributed by atoms with Crippen LogP contribution in [0, 0.1) is 13.8 Å². The molecule has 0 bridgehead atoms. The van der Waals surface area contributed by atoms with Crippen molar-refractivity contribution in [1.82, 2.24) is 4.90 Å². The average Bonchev–Trinajstić information content (AvgIpc) is 2.16. The maximum atomic E-state index is 3.52. The van der Waals surface area contributed by atoms with Gasteiger partial charge in [0.25, 0.3) is 0 Å². The van der Waals surface area contributed by atoms with E-state index in [-0.39, 0.29) is 0 Å². The van der Waals surface area contributed by atoms with Gasteiger partial charge in [0.15, 0.2) is 0 Å². The Kier molecular flexibility index (Phi) is 4.15. The molecule has 0 saturated carbocycles. The number of nitrogens with one attached hydrogen (secondary N) is 1. The SMILES string of the molecule is Cc1cccc(C)c1NC[C@H](C)N(C)C. The Morgan fingerprint density at radius 2 is 1.73 bits per heavy atom. The quantitative estimate of drug-likeness (QED) is 0.814. The van der Waals surface area contributed by atoms with Crippen molar-refractivity contribution in [3.8, 4) is 0 Å². The Hall–Kier alpha value is -1.02. The number of nitrogens with zero attached hydrogens (tertiary/aromatic N) is 1. The van der Waals surface area contributed by atoms with Gasteiger partial charge in [-0.2, -0.15) is 0 Å². The number of anilines is 1. The molecule has 1 aromatic rings. The molecule has 84 valence electrons. The molecule has 0 aliphatic rings. The van der Waals surface area contributed by atoms with Gasteiger partial charge in [-0.25, -0.2) is 0 Å². The fourth-order valence-electron chi connectivity index (χ4n) is 1.53. The van der Waals surface area contributed by atoms with Crippen molar-refractivity contribution in [1.29, 1.82) is 0 Å². The van der Waals surface area contributed by atoms with Crippen LogP contribution in [-0.2, 0) is 0 Å². The van der Waals surface area contributed by atoms with Gasteiger partial charge in [0.1, 0.15) is 0 Å². The number of hydrogen-bond donors (Lipinski definition) is 1. The van der Waals surface area contributed by atoms with Crippen molar-refractivity contribution >= 4 is 5.69 Å². The Morgan fingerprint density at radius 1 is 1.20 bits per heavy atom. The Balaban J connectivity index is 2.65. The molecule has 0 aliphatic heterocycles. The van der Waals surface area contributed by atoms with Crippen LogP contribution in [0.5, 0.6) is 0 Å². The maximum absolute atomic E-state index is 3.52. The summed E-state index contributed by atoms with van der Waals surface area (Å²) in [6, 6.07) is 6.94. The molecule has 0 unspecified atom stereocenters. The van der Waals surface area contributed by atoms with Crippen molar-refractivity contribution in [2.75, 3.05) is 26.0 Å². The van der Waals surface area contributed by atoms with Crippen LogP contribution in [0.15, 0.2) is 18.2 Å². The molecule has 0 amide bonds. The van der Waals surface area contributed by atoms with E-state index < -0.39 is 0 Å². The second-order valence-corrected chi connectivity index (χ2v) is 4.46. The molecule has 1 atom stereocenters. The normalized spacial score (nSPS) is 12.9. The second-order valence-electron chi connectivity index (χ2n) is 4.46. The zero-order valence-electron chi connectivity index (χ0n) is 10.5. The molecule has 1 rings (SSSR count). The summed E-state index contributed by atoms with van der Waals surface area (Å²) in [6.07, 6.45) is 0. The van der Waals surface area contributed by atoms with Crippen LogP contribution in [-0.4, -0.2) is 31.6 Å². The van der Waals surface area contributed by atoms with Crippen molar-refractivity contribution in [2.45, 2.75) is 26.8 Å². The third-order valence-electron chi connectivity index (χ3n) is 2.94. The number of hydrogen-bond acceptors (Lipinski definition) is 2. The minimum atomic E-state index is 0.545. The molecule has 0 aliphatic carbocycles. The smallest absolute Gasteiger partial charge is 0.0400 e. The van der Waals surface area contributed by atoms with Crippen LogP contribution in [0.25, 0.3) is 0 Å². The first kappa shape index (κ1) is 12.1. The minimum Gasteiger partial charge on any atom is -0.383 e. The van der Waals surface area contributed by atoms with Gasteiger partial charge in [-0.3, -0.25) is 0 Å². The lowest BCUT2D eigenvalue weighted by atomic mass is 10.1. The molecule has 1 aromatic carbocycles. The first-order valence-corrected chi connectivity index (χ1v) is 5.49. The van der Waals surface area contributed by atoms with Gasteiger partial charge in [0.05, 0.1) is 0 Å². The van der Waals surface area contributed by atoms with Crippen LogP contribution in [0.4, 0.5) is 5.69 Å². The van der Waals surface area contributed by atoms with Crippen LogP contribution in [0.2, 0.25) is 0 Å². The van der Waals surface area contributed by atoms with E-state index in [9.17, 15) is 0 Å². The monoisotopic (exact) mass is 206 g/mol. The van der Waals surface area contributed by atoms with Crippen LogP contribution in [0.3, 0.4) is 0 Å². The summed E-state index contributed by atoms with van der Waals surface area (Å²) in [7, 11) is 4.22. The van der Waals surface area contributed by atoms with Gasteiger partial charge in [0, 0.05) is 18.3 Å². The standard InChI is InChI=1S/C13H22N2/c1-10-7-6-8-11(2)13(10)14-9-12(3)15(4)5/h6-8,12,14H,9H2,1-5H3/t12-/m0/s1. The highest BCUT2D eigenvalue weighted by Crippen LogP contribution is 2.19. The summed E-state index contributed by atoms with van der Waals surface area (Å²) in [5, 5.41) is 3.52. The highest BCUT2D eigenvalue weighted by Gasteiger charge is 2.06. The Bertz CT molecular complexity index is 298. The zero-order valence-corrected chi connectivity index (χ0v) is 10.5. The largest absolute Gasteiger partial charge is 0.383 e.